The van der Waals surface area contributed by atoms with Gasteiger partial charge in [-0.15, -0.1) is 0 Å². The fourth-order valence-electron chi connectivity index (χ4n) is 2.41. The maximum Gasteiger partial charge on any atom is 0.222 e. The maximum atomic E-state index is 11.9. The Balaban J connectivity index is 1.73. The first-order valence-electron chi connectivity index (χ1n) is 6.26. The molecule has 1 N–H and O–H groups in total. The second kappa shape index (κ2) is 5.35. The lowest BCUT2D eigenvalue weighted by Gasteiger charge is -2.27. The molecule has 2 aliphatic rings. The molecule has 98 valence electrons. The van der Waals surface area contributed by atoms with Gasteiger partial charge in [0.1, 0.15) is 0 Å². The third kappa shape index (κ3) is 3.67. The summed E-state index contributed by atoms with van der Waals surface area (Å²) in [5, 5.41) is 3.28. The molecule has 17 heavy (non-hydrogen) atoms. The third-order valence-corrected chi connectivity index (χ3v) is 5.24. The normalized spacial score (nSPS) is 28.2. The molecule has 2 saturated heterocycles. The number of carbonyl (C=O) groups is 1. The number of hydrogen-bond donors (Lipinski definition) is 1. The molecule has 0 aromatic rings. The van der Waals surface area contributed by atoms with Crippen molar-refractivity contribution < 1.29 is 13.2 Å². The molecule has 1 amide bonds. The van der Waals surface area contributed by atoms with Gasteiger partial charge in [-0.2, -0.15) is 0 Å². The second-order valence-corrected chi connectivity index (χ2v) is 7.23. The van der Waals surface area contributed by atoms with Gasteiger partial charge in [0.05, 0.1) is 11.5 Å². The Morgan fingerprint density at radius 2 is 2.00 bits per heavy atom. The largest absolute Gasteiger partial charge is 0.341 e. The Morgan fingerprint density at radius 1 is 1.29 bits per heavy atom. The maximum absolute atomic E-state index is 11.9. The van der Waals surface area contributed by atoms with E-state index in [2.05, 4.69) is 5.32 Å². The predicted octanol–water partition coefficient (Wildman–Crippen LogP) is -0.367. The van der Waals surface area contributed by atoms with Crippen LogP contribution >= 0.6 is 0 Å². The highest BCUT2D eigenvalue weighted by Crippen LogP contribution is 2.16. The van der Waals surface area contributed by atoms with E-state index in [1.54, 1.807) is 4.90 Å². The summed E-state index contributed by atoms with van der Waals surface area (Å²) in [6.45, 7) is 2.83. The van der Waals surface area contributed by atoms with Gasteiger partial charge >= 0.3 is 0 Å². The summed E-state index contributed by atoms with van der Waals surface area (Å²) in [5.74, 6) is 0.993. The molecular weight excluding hydrogens is 240 g/mol. The minimum atomic E-state index is -2.88. The summed E-state index contributed by atoms with van der Waals surface area (Å²) < 4.78 is 22.5. The monoisotopic (exact) mass is 260 g/mol. The van der Waals surface area contributed by atoms with Crippen molar-refractivity contribution in [1.82, 2.24) is 10.2 Å². The van der Waals surface area contributed by atoms with Gasteiger partial charge in [0.15, 0.2) is 9.84 Å². The first kappa shape index (κ1) is 12.8. The number of hydrogen-bond acceptors (Lipinski definition) is 4. The molecule has 2 fully saturated rings. The van der Waals surface area contributed by atoms with E-state index in [-0.39, 0.29) is 17.4 Å². The van der Waals surface area contributed by atoms with Crippen LogP contribution in [0.1, 0.15) is 19.3 Å². The van der Waals surface area contributed by atoms with E-state index in [0.717, 1.165) is 25.9 Å². The molecule has 2 aliphatic heterocycles. The molecule has 1 unspecified atom stereocenters. The van der Waals surface area contributed by atoms with Crippen molar-refractivity contribution in [3.8, 4) is 0 Å². The zero-order valence-corrected chi connectivity index (χ0v) is 10.8. The smallest absolute Gasteiger partial charge is 0.222 e. The molecule has 0 bridgehead atoms. The Morgan fingerprint density at radius 3 is 2.59 bits per heavy atom. The summed E-state index contributed by atoms with van der Waals surface area (Å²) in [6.07, 6.45) is 2.64. The summed E-state index contributed by atoms with van der Waals surface area (Å²) in [6, 6.07) is 0. The molecule has 0 aromatic carbocycles. The number of carbonyl (C=O) groups excluding carboxylic acids is 1. The SMILES string of the molecule is O=C(CCC1CCNC1)N1CCS(=O)(=O)CC1. The van der Waals surface area contributed by atoms with Gasteiger partial charge in [0, 0.05) is 19.5 Å². The first-order valence-corrected chi connectivity index (χ1v) is 8.08. The van der Waals surface area contributed by atoms with E-state index in [0.29, 0.717) is 25.4 Å². The summed E-state index contributed by atoms with van der Waals surface area (Å²) >= 11 is 0. The van der Waals surface area contributed by atoms with Crippen LogP contribution in [-0.2, 0) is 14.6 Å². The number of nitrogens with zero attached hydrogens (tertiary/aromatic N) is 1. The van der Waals surface area contributed by atoms with E-state index in [1.165, 1.54) is 0 Å². The lowest BCUT2D eigenvalue weighted by atomic mass is 10.0. The standard InChI is InChI=1S/C11H20N2O3S/c14-11(2-1-10-3-4-12-9-10)13-5-7-17(15,16)8-6-13/h10,12H,1-9H2. The molecule has 0 radical (unpaired) electrons. The topological polar surface area (TPSA) is 66.5 Å². The van der Waals surface area contributed by atoms with Crippen molar-refractivity contribution in [2.45, 2.75) is 19.3 Å². The van der Waals surface area contributed by atoms with Crippen LogP contribution in [0.25, 0.3) is 0 Å². The molecule has 5 nitrogen and oxygen atoms in total. The van der Waals surface area contributed by atoms with Crippen LogP contribution in [0.15, 0.2) is 0 Å². The highest BCUT2D eigenvalue weighted by atomic mass is 32.2. The van der Waals surface area contributed by atoms with Gasteiger partial charge in [-0.1, -0.05) is 0 Å². The summed E-state index contributed by atoms with van der Waals surface area (Å²) in [5.41, 5.74) is 0. The molecule has 0 saturated carbocycles. The van der Waals surface area contributed by atoms with Crippen molar-refractivity contribution in [2.24, 2.45) is 5.92 Å². The zero-order valence-electron chi connectivity index (χ0n) is 10.0. The molecule has 0 aromatic heterocycles. The van der Waals surface area contributed by atoms with Crippen LogP contribution in [0.2, 0.25) is 0 Å². The van der Waals surface area contributed by atoms with E-state index in [4.69, 9.17) is 0 Å². The van der Waals surface area contributed by atoms with Crippen LogP contribution in [0, 0.1) is 5.92 Å². The fourth-order valence-corrected chi connectivity index (χ4v) is 3.61. The van der Waals surface area contributed by atoms with Crippen molar-refractivity contribution >= 4 is 15.7 Å². The highest BCUT2D eigenvalue weighted by molar-refractivity contribution is 7.91. The zero-order chi connectivity index (χ0) is 12.3. The molecule has 0 aliphatic carbocycles. The van der Waals surface area contributed by atoms with Crippen molar-refractivity contribution in [3.05, 3.63) is 0 Å². The van der Waals surface area contributed by atoms with Gasteiger partial charge in [-0.25, -0.2) is 8.42 Å². The molecule has 2 heterocycles. The van der Waals surface area contributed by atoms with Gasteiger partial charge in [0.25, 0.3) is 0 Å². The summed E-state index contributed by atoms with van der Waals surface area (Å²) in [7, 11) is -2.88. The minimum Gasteiger partial charge on any atom is -0.341 e. The van der Waals surface area contributed by atoms with E-state index in [9.17, 15) is 13.2 Å². The van der Waals surface area contributed by atoms with Gasteiger partial charge in [-0.05, 0) is 31.8 Å². The fraction of sp³-hybridized carbons (Fsp3) is 0.909. The van der Waals surface area contributed by atoms with Crippen molar-refractivity contribution in [3.63, 3.8) is 0 Å². The molecule has 2 rings (SSSR count). The van der Waals surface area contributed by atoms with Crippen molar-refractivity contribution in [1.29, 1.82) is 0 Å². The highest BCUT2D eigenvalue weighted by Gasteiger charge is 2.25. The van der Waals surface area contributed by atoms with Crippen LogP contribution in [-0.4, -0.2) is 56.9 Å². The Kier molecular flexibility index (Phi) is 4.04. The average molecular weight is 260 g/mol. The van der Waals surface area contributed by atoms with E-state index >= 15 is 0 Å². The average Bonchev–Trinajstić information content (AvgIpc) is 2.78. The number of rotatable bonds is 3. The van der Waals surface area contributed by atoms with Gasteiger partial charge in [-0.3, -0.25) is 4.79 Å². The van der Waals surface area contributed by atoms with E-state index in [1.807, 2.05) is 0 Å². The molecule has 0 spiro atoms. The Hall–Kier alpha value is -0.620. The quantitative estimate of drug-likeness (QED) is 0.752. The summed E-state index contributed by atoms with van der Waals surface area (Å²) in [4.78, 5) is 13.6. The third-order valence-electron chi connectivity index (χ3n) is 3.63. The van der Waals surface area contributed by atoms with Crippen LogP contribution in [0.4, 0.5) is 0 Å². The van der Waals surface area contributed by atoms with Gasteiger partial charge < -0.3 is 10.2 Å². The number of nitrogens with one attached hydrogen (secondary N) is 1. The van der Waals surface area contributed by atoms with E-state index < -0.39 is 9.84 Å². The molecule has 1 atom stereocenters. The number of sulfone groups is 1. The lowest BCUT2D eigenvalue weighted by Crippen LogP contribution is -2.43. The Labute approximate surface area is 102 Å². The van der Waals surface area contributed by atoms with Crippen LogP contribution in [0.5, 0.6) is 0 Å². The second-order valence-electron chi connectivity index (χ2n) is 4.93. The lowest BCUT2D eigenvalue weighted by molar-refractivity contribution is -0.131. The minimum absolute atomic E-state index is 0.117. The van der Waals surface area contributed by atoms with Gasteiger partial charge in [0.2, 0.25) is 5.91 Å². The molecular formula is C11H20N2O3S. The first-order chi connectivity index (χ1) is 8.07. The Bertz CT molecular complexity index is 360. The van der Waals surface area contributed by atoms with Crippen LogP contribution < -0.4 is 5.32 Å². The molecule has 6 heteroatoms. The predicted molar refractivity (Wildman–Crippen MR) is 65.4 cm³/mol. The van der Waals surface area contributed by atoms with Crippen LogP contribution in [0.3, 0.4) is 0 Å². The van der Waals surface area contributed by atoms with Crippen molar-refractivity contribution in [2.75, 3.05) is 37.7 Å². The number of amides is 1.